The number of esters is 1. The van der Waals surface area contributed by atoms with Crippen LogP contribution in [0.15, 0.2) is 12.4 Å². The van der Waals surface area contributed by atoms with Gasteiger partial charge in [0.1, 0.15) is 11.5 Å². The van der Waals surface area contributed by atoms with E-state index >= 15 is 0 Å². The number of hydrogen-bond acceptors (Lipinski definition) is 7. The summed E-state index contributed by atoms with van der Waals surface area (Å²) in [7, 11) is 0. The number of rotatable bonds is 6. The zero-order valence-corrected chi connectivity index (χ0v) is 13.1. The van der Waals surface area contributed by atoms with Gasteiger partial charge >= 0.3 is 5.97 Å². The Balaban J connectivity index is 1.84. The van der Waals surface area contributed by atoms with E-state index in [1.807, 2.05) is 13.8 Å². The van der Waals surface area contributed by atoms with Gasteiger partial charge in [0.2, 0.25) is 0 Å². The number of anilines is 1. The lowest BCUT2D eigenvalue weighted by molar-refractivity contribution is -0.144. The molecule has 1 aromatic heterocycles. The van der Waals surface area contributed by atoms with Crippen molar-refractivity contribution >= 4 is 18.1 Å². The molecule has 0 spiro atoms. The van der Waals surface area contributed by atoms with Crippen LogP contribution in [0.4, 0.5) is 5.82 Å². The Morgan fingerprint density at radius 3 is 2.59 bits per heavy atom. The van der Waals surface area contributed by atoms with Gasteiger partial charge < -0.3 is 9.64 Å². The smallest absolute Gasteiger partial charge is 0.307 e. The Morgan fingerprint density at radius 1 is 1.32 bits per heavy atom. The summed E-state index contributed by atoms with van der Waals surface area (Å²) in [4.78, 5) is 34.8. The summed E-state index contributed by atoms with van der Waals surface area (Å²) >= 11 is 0. The van der Waals surface area contributed by atoms with Gasteiger partial charge in [0.05, 0.1) is 25.4 Å². The molecule has 1 aromatic rings. The van der Waals surface area contributed by atoms with Gasteiger partial charge in [-0.1, -0.05) is 0 Å². The van der Waals surface area contributed by atoms with Crippen molar-refractivity contribution in [2.75, 3.05) is 37.7 Å². The van der Waals surface area contributed by atoms with Crippen LogP contribution in [0.3, 0.4) is 0 Å². The predicted octanol–water partition coefficient (Wildman–Crippen LogP) is 0.753. The van der Waals surface area contributed by atoms with E-state index in [1.165, 1.54) is 6.20 Å². The largest absolute Gasteiger partial charge is 0.466 e. The zero-order valence-electron chi connectivity index (χ0n) is 13.1. The second-order valence-corrected chi connectivity index (χ2v) is 5.30. The Kier molecular flexibility index (Phi) is 5.83. The molecule has 1 aliphatic rings. The van der Waals surface area contributed by atoms with Crippen LogP contribution in [-0.4, -0.2) is 66.0 Å². The fourth-order valence-electron chi connectivity index (χ4n) is 2.54. The number of piperazine rings is 1. The molecule has 0 amide bonds. The molecule has 1 fully saturated rings. The third-order valence-corrected chi connectivity index (χ3v) is 3.81. The minimum atomic E-state index is -0.146. The molecule has 1 unspecified atom stereocenters. The number of carbonyl (C=O) groups excluding carboxylic acids is 2. The molecule has 1 aliphatic heterocycles. The third-order valence-electron chi connectivity index (χ3n) is 3.81. The van der Waals surface area contributed by atoms with E-state index in [0.717, 1.165) is 32.0 Å². The predicted molar refractivity (Wildman–Crippen MR) is 81.9 cm³/mol. The Labute approximate surface area is 130 Å². The molecule has 0 bridgehead atoms. The summed E-state index contributed by atoms with van der Waals surface area (Å²) in [5, 5.41) is 0. The molecule has 0 N–H and O–H groups in total. The zero-order chi connectivity index (χ0) is 15.9. The molecule has 0 saturated carbocycles. The number of carbonyl (C=O) groups is 2. The van der Waals surface area contributed by atoms with Crippen LogP contribution in [0.5, 0.6) is 0 Å². The van der Waals surface area contributed by atoms with Gasteiger partial charge in [-0.3, -0.25) is 14.5 Å². The molecule has 0 aromatic carbocycles. The lowest BCUT2D eigenvalue weighted by Crippen LogP contribution is -2.50. The second kappa shape index (κ2) is 7.84. The molecule has 1 atom stereocenters. The van der Waals surface area contributed by atoms with Crippen LogP contribution in [0.25, 0.3) is 0 Å². The molecule has 2 rings (SSSR count). The van der Waals surface area contributed by atoms with Gasteiger partial charge in [0.25, 0.3) is 0 Å². The van der Waals surface area contributed by atoms with E-state index in [1.54, 1.807) is 6.20 Å². The summed E-state index contributed by atoms with van der Waals surface area (Å²) in [5.74, 6) is 0.635. The van der Waals surface area contributed by atoms with E-state index in [4.69, 9.17) is 4.74 Å². The molecule has 2 heterocycles. The van der Waals surface area contributed by atoms with Crippen molar-refractivity contribution in [3.63, 3.8) is 0 Å². The van der Waals surface area contributed by atoms with Crippen LogP contribution in [0, 0.1) is 0 Å². The molecule has 0 radical (unpaired) electrons. The molecular formula is C15H22N4O3. The van der Waals surface area contributed by atoms with E-state index < -0.39 is 0 Å². The SMILES string of the molecule is CCOC(=O)CC(C)N1CCN(c2cnc(C=O)cn2)CC1. The van der Waals surface area contributed by atoms with Crippen LogP contribution >= 0.6 is 0 Å². The minimum Gasteiger partial charge on any atom is -0.466 e. The topological polar surface area (TPSA) is 75.6 Å². The van der Waals surface area contributed by atoms with E-state index in [2.05, 4.69) is 19.8 Å². The lowest BCUT2D eigenvalue weighted by atomic mass is 10.1. The second-order valence-electron chi connectivity index (χ2n) is 5.30. The fourth-order valence-corrected chi connectivity index (χ4v) is 2.54. The van der Waals surface area contributed by atoms with Crippen molar-refractivity contribution in [1.29, 1.82) is 0 Å². The lowest BCUT2D eigenvalue weighted by Gasteiger charge is -2.38. The van der Waals surface area contributed by atoms with Gasteiger partial charge in [-0.15, -0.1) is 0 Å². The monoisotopic (exact) mass is 306 g/mol. The normalized spacial score (nSPS) is 17.1. The van der Waals surface area contributed by atoms with Crippen LogP contribution < -0.4 is 4.90 Å². The average Bonchev–Trinajstić information content (AvgIpc) is 2.55. The molecule has 0 aliphatic carbocycles. The quantitative estimate of drug-likeness (QED) is 0.567. The number of nitrogens with zero attached hydrogens (tertiary/aromatic N) is 4. The first-order valence-corrected chi connectivity index (χ1v) is 7.56. The van der Waals surface area contributed by atoms with Gasteiger partial charge in [-0.2, -0.15) is 0 Å². The van der Waals surface area contributed by atoms with Crippen LogP contribution in [-0.2, 0) is 9.53 Å². The first kappa shape index (κ1) is 16.4. The third kappa shape index (κ3) is 4.24. The molecule has 7 nitrogen and oxygen atoms in total. The first-order valence-electron chi connectivity index (χ1n) is 7.56. The number of ether oxygens (including phenoxy) is 1. The Morgan fingerprint density at radius 2 is 2.05 bits per heavy atom. The highest BCUT2D eigenvalue weighted by atomic mass is 16.5. The highest BCUT2D eigenvalue weighted by Crippen LogP contribution is 2.15. The van der Waals surface area contributed by atoms with Crippen molar-refractivity contribution in [2.24, 2.45) is 0 Å². The minimum absolute atomic E-state index is 0.146. The highest BCUT2D eigenvalue weighted by Gasteiger charge is 2.23. The van der Waals surface area contributed by atoms with E-state index in [0.29, 0.717) is 25.0 Å². The first-order chi connectivity index (χ1) is 10.6. The maximum Gasteiger partial charge on any atom is 0.307 e. The van der Waals surface area contributed by atoms with Crippen molar-refractivity contribution in [3.8, 4) is 0 Å². The molecule has 22 heavy (non-hydrogen) atoms. The Hall–Kier alpha value is -2.02. The van der Waals surface area contributed by atoms with Crippen molar-refractivity contribution in [2.45, 2.75) is 26.3 Å². The highest BCUT2D eigenvalue weighted by molar-refractivity contribution is 5.71. The molecular weight excluding hydrogens is 284 g/mol. The molecule has 1 saturated heterocycles. The van der Waals surface area contributed by atoms with Crippen LogP contribution in [0.2, 0.25) is 0 Å². The fraction of sp³-hybridized carbons (Fsp3) is 0.600. The maximum absolute atomic E-state index is 11.5. The number of aldehydes is 1. The standard InChI is InChI=1S/C15H22N4O3/c1-3-22-15(21)8-12(2)18-4-6-19(7-5-18)14-10-16-13(11-20)9-17-14/h9-12H,3-8H2,1-2H3. The van der Waals surface area contributed by atoms with Gasteiger partial charge in [-0.25, -0.2) is 9.97 Å². The van der Waals surface area contributed by atoms with E-state index in [9.17, 15) is 9.59 Å². The molecule has 7 heteroatoms. The summed E-state index contributed by atoms with van der Waals surface area (Å²) in [5.41, 5.74) is 0.338. The number of aromatic nitrogens is 2. The maximum atomic E-state index is 11.5. The van der Waals surface area contributed by atoms with Gasteiger partial charge in [0, 0.05) is 32.2 Å². The van der Waals surface area contributed by atoms with Crippen molar-refractivity contribution in [3.05, 3.63) is 18.1 Å². The number of hydrogen-bond donors (Lipinski definition) is 0. The van der Waals surface area contributed by atoms with E-state index in [-0.39, 0.29) is 12.0 Å². The van der Waals surface area contributed by atoms with Gasteiger partial charge in [0.15, 0.2) is 6.29 Å². The summed E-state index contributed by atoms with van der Waals surface area (Å²) in [6.45, 7) is 7.65. The summed E-state index contributed by atoms with van der Waals surface area (Å²) in [6, 6.07) is 0.171. The van der Waals surface area contributed by atoms with Gasteiger partial charge in [-0.05, 0) is 13.8 Å². The van der Waals surface area contributed by atoms with Crippen LogP contribution in [0.1, 0.15) is 30.8 Å². The average molecular weight is 306 g/mol. The molecule has 120 valence electrons. The summed E-state index contributed by atoms with van der Waals surface area (Å²) in [6.07, 6.45) is 4.22. The summed E-state index contributed by atoms with van der Waals surface area (Å²) < 4.78 is 4.99. The Bertz CT molecular complexity index is 498. The van der Waals surface area contributed by atoms with Crippen molar-refractivity contribution < 1.29 is 14.3 Å². The van der Waals surface area contributed by atoms with Crippen molar-refractivity contribution in [1.82, 2.24) is 14.9 Å².